The Hall–Kier alpha value is -1.80. The first-order valence-corrected chi connectivity index (χ1v) is 9.91. The predicted octanol–water partition coefficient (Wildman–Crippen LogP) is 4.64. The minimum Gasteiger partial charge on any atom is -0.492 e. The molecule has 0 heterocycles. The zero-order valence-corrected chi connectivity index (χ0v) is 18.0. The van der Waals surface area contributed by atoms with Crippen LogP contribution in [0.2, 0.25) is 0 Å². The highest BCUT2D eigenvalue weighted by Gasteiger charge is 2.28. The van der Waals surface area contributed by atoms with E-state index in [1.807, 2.05) is 63.2 Å². The first-order valence-electron chi connectivity index (χ1n) is 8.83. The number of benzene rings is 2. The van der Waals surface area contributed by atoms with E-state index in [9.17, 15) is 9.90 Å². The van der Waals surface area contributed by atoms with Gasteiger partial charge in [0.15, 0.2) is 0 Å². The molecule has 1 N–H and O–H groups in total. The average Bonchev–Trinajstić information content (AvgIpc) is 2.64. The lowest BCUT2D eigenvalue weighted by Crippen LogP contribution is -2.48. The molecule has 0 fully saturated rings. The molecule has 2 aromatic carbocycles. The summed E-state index contributed by atoms with van der Waals surface area (Å²) >= 11 is 2.24. The molecule has 0 saturated heterocycles. The van der Waals surface area contributed by atoms with Crippen molar-refractivity contribution < 1.29 is 19.4 Å². The molecule has 1 atom stereocenters. The van der Waals surface area contributed by atoms with Gasteiger partial charge in [0.1, 0.15) is 25.1 Å². The third-order valence-electron chi connectivity index (χ3n) is 3.98. The molecule has 0 saturated carbocycles. The van der Waals surface area contributed by atoms with Crippen LogP contribution in [0.25, 0.3) is 0 Å². The largest absolute Gasteiger partial charge is 0.492 e. The molecule has 2 aromatic rings. The fourth-order valence-electron chi connectivity index (χ4n) is 2.49. The molecule has 5 nitrogen and oxygen atoms in total. The Morgan fingerprint density at radius 2 is 1.74 bits per heavy atom. The second-order valence-corrected chi connectivity index (χ2v) is 8.37. The van der Waals surface area contributed by atoms with Crippen molar-refractivity contribution in [2.45, 2.75) is 32.4 Å². The maximum absolute atomic E-state index is 12.5. The van der Waals surface area contributed by atoms with Gasteiger partial charge in [-0.3, -0.25) is 4.90 Å². The van der Waals surface area contributed by atoms with Gasteiger partial charge in [-0.15, -0.1) is 0 Å². The summed E-state index contributed by atoms with van der Waals surface area (Å²) < 4.78 is 12.2. The lowest BCUT2D eigenvalue weighted by molar-refractivity contribution is 0.0258. The quantitative estimate of drug-likeness (QED) is 0.584. The summed E-state index contributed by atoms with van der Waals surface area (Å²) in [4.78, 5) is 14.2. The molecule has 0 radical (unpaired) electrons. The summed E-state index contributed by atoms with van der Waals surface area (Å²) in [6, 6.07) is 16.9. The van der Waals surface area contributed by atoms with Crippen LogP contribution >= 0.6 is 22.6 Å². The van der Waals surface area contributed by atoms with E-state index in [4.69, 9.17) is 9.47 Å². The van der Waals surface area contributed by atoms with E-state index in [0.29, 0.717) is 13.2 Å². The standard InChI is InChI=1S/C21H26INO4/c1-21(2,3)23(13-14-26-18-11-9-17(22)10-12-18)20(25)27-15-19(24)16-7-5-4-6-8-16/h4-12,19,24H,13-15H2,1-3H3/t19-/m0/s1. The Morgan fingerprint density at radius 1 is 1.11 bits per heavy atom. The molecule has 0 bridgehead atoms. The number of aliphatic hydroxyl groups is 1. The Bertz CT molecular complexity index is 713. The number of carbonyl (C=O) groups excluding carboxylic acids is 1. The van der Waals surface area contributed by atoms with Gasteiger partial charge in [-0.1, -0.05) is 30.3 Å². The summed E-state index contributed by atoms with van der Waals surface area (Å²) in [6.07, 6.45) is -1.32. The summed E-state index contributed by atoms with van der Waals surface area (Å²) in [6.45, 7) is 6.46. The average molecular weight is 483 g/mol. The third-order valence-corrected chi connectivity index (χ3v) is 4.70. The number of nitrogens with zero attached hydrogens (tertiary/aromatic N) is 1. The normalized spacial score (nSPS) is 12.3. The predicted molar refractivity (Wildman–Crippen MR) is 114 cm³/mol. The molecular weight excluding hydrogens is 457 g/mol. The molecule has 1 amide bonds. The van der Waals surface area contributed by atoms with E-state index < -0.39 is 17.7 Å². The maximum atomic E-state index is 12.5. The highest BCUT2D eigenvalue weighted by atomic mass is 127. The lowest BCUT2D eigenvalue weighted by atomic mass is 10.1. The molecular formula is C21H26INO4. The Morgan fingerprint density at radius 3 is 2.33 bits per heavy atom. The monoisotopic (exact) mass is 483 g/mol. The van der Waals surface area contributed by atoms with Crippen LogP contribution in [0.1, 0.15) is 32.4 Å². The molecule has 2 rings (SSSR count). The van der Waals surface area contributed by atoms with Crippen molar-refractivity contribution in [2.75, 3.05) is 19.8 Å². The van der Waals surface area contributed by atoms with Crippen LogP contribution in [-0.2, 0) is 4.74 Å². The summed E-state index contributed by atoms with van der Waals surface area (Å²) in [5.74, 6) is 0.761. The van der Waals surface area contributed by atoms with Crippen LogP contribution < -0.4 is 4.74 Å². The van der Waals surface area contributed by atoms with Crippen LogP contribution in [0, 0.1) is 3.57 Å². The molecule has 0 spiro atoms. The molecule has 0 unspecified atom stereocenters. The smallest absolute Gasteiger partial charge is 0.410 e. The fourth-order valence-corrected chi connectivity index (χ4v) is 2.85. The van der Waals surface area contributed by atoms with E-state index in [1.165, 1.54) is 0 Å². The van der Waals surface area contributed by atoms with Crippen molar-refractivity contribution in [3.8, 4) is 5.75 Å². The fraction of sp³-hybridized carbons (Fsp3) is 0.381. The van der Waals surface area contributed by atoms with Gasteiger partial charge in [0.2, 0.25) is 0 Å². The molecule has 0 aliphatic rings. The van der Waals surface area contributed by atoms with E-state index in [2.05, 4.69) is 22.6 Å². The number of hydrogen-bond acceptors (Lipinski definition) is 4. The summed E-state index contributed by atoms with van der Waals surface area (Å²) in [7, 11) is 0. The van der Waals surface area contributed by atoms with Crippen molar-refractivity contribution in [3.63, 3.8) is 0 Å². The van der Waals surface area contributed by atoms with Gasteiger partial charge in [0.25, 0.3) is 0 Å². The van der Waals surface area contributed by atoms with Crippen molar-refractivity contribution in [1.29, 1.82) is 0 Å². The van der Waals surface area contributed by atoms with Crippen LogP contribution in [0.5, 0.6) is 5.75 Å². The molecule has 27 heavy (non-hydrogen) atoms. The third kappa shape index (κ3) is 7.03. The van der Waals surface area contributed by atoms with Crippen molar-refractivity contribution >= 4 is 28.7 Å². The number of ether oxygens (including phenoxy) is 2. The number of halogens is 1. The van der Waals surface area contributed by atoms with Gasteiger partial charge >= 0.3 is 6.09 Å². The molecule has 6 heteroatoms. The van der Waals surface area contributed by atoms with Crippen LogP contribution in [-0.4, -0.2) is 41.4 Å². The lowest BCUT2D eigenvalue weighted by Gasteiger charge is -2.34. The van der Waals surface area contributed by atoms with Crippen LogP contribution in [0.15, 0.2) is 54.6 Å². The van der Waals surface area contributed by atoms with Crippen LogP contribution in [0.3, 0.4) is 0 Å². The van der Waals surface area contributed by atoms with E-state index in [1.54, 1.807) is 17.0 Å². The highest BCUT2D eigenvalue weighted by Crippen LogP contribution is 2.18. The van der Waals surface area contributed by atoms with Gasteiger partial charge in [-0.2, -0.15) is 0 Å². The van der Waals surface area contributed by atoms with E-state index in [0.717, 1.165) is 14.9 Å². The first kappa shape index (κ1) is 21.5. The maximum Gasteiger partial charge on any atom is 0.410 e. The zero-order valence-electron chi connectivity index (χ0n) is 15.9. The van der Waals surface area contributed by atoms with E-state index in [-0.39, 0.29) is 6.61 Å². The molecule has 146 valence electrons. The molecule has 0 aliphatic carbocycles. The summed E-state index contributed by atoms with van der Waals surface area (Å²) in [5, 5.41) is 10.2. The SMILES string of the molecule is CC(C)(C)N(CCOc1ccc(I)cc1)C(=O)OC[C@H](O)c1ccccc1. The first-order chi connectivity index (χ1) is 12.8. The van der Waals surface area contributed by atoms with Gasteiger partial charge in [0, 0.05) is 9.11 Å². The Balaban J connectivity index is 1.88. The topological polar surface area (TPSA) is 59.0 Å². The number of carbonyl (C=O) groups is 1. The molecule has 0 aliphatic heterocycles. The second kappa shape index (κ2) is 9.94. The number of aliphatic hydroxyl groups excluding tert-OH is 1. The Kier molecular flexibility index (Phi) is 7.91. The summed E-state index contributed by atoms with van der Waals surface area (Å²) in [5.41, 5.74) is 0.291. The van der Waals surface area contributed by atoms with Crippen LogP contribution in [0.4, 0.5) is 4.79 Å². The minimum absolute atomic E-state index is 0.0899. The second-order valence-electron chi connectivity index (χ2n) is 7.13. The van der Waals surface area contributed by atoms with Gasteiger partial charge < -0.3 is 14.6 Å². The van der Waals surface area contributed by atoms with Gasteiger partial charge in [-0.25, -0.2) is 4.79 Å². The highest BCUT2D eigenvalue weighted by molar-refractivity contribution is 14.1. The number of hydrogen-bond donors (Lipinski definition) is 1. The number of amides is 1. The van der Waals surface area contributed by atoms with Gasteiger partial charge in [0.05, 0.1) is 6.54 Å². The Labute approximate surface area is 174 Å². The van der Waals surface area contributed by atoms with Crippen molar-refractivity contribution in [2.24, 2.45) is 0 Å². The van der Waals surface area contributed by atoms with E-state index >= 15 is 0 Å². The van der Waals surface area contributed by atoms with Crippen molar-refractivity contribution in [1.82, 2.24) is 4.90 Å². The minimum atomic E-state index is -0.847. The number of rotatable bonds is 7. The zero-order chi connectivity index (χ0) is 19.9. The van der Waals surface area contributed by atoms with Crippen molar-refractivity contribution in [3.05, 3.63) is 63.7 Å². The molecule has 0 aromatic heterocycles. The van der Waals surface area contributed by atoms with Gasteiger partial charge in [-0.05, 0) is 73.2 Å².